The highest BCUT2D eigenvalue weighted by atomic mass is 16.5. The van der Waals surface area contributed by atoms with Crippen molar-refractivity contribution in [3.63, 3.8) is 0 Å². The largest absolute Gasteiger partial charge is 0.496 e. The van der Waals surface area contributed by atoms with E-state index in [1.54, 1.807) is 25.5 Å². The van der Waals surface area contributed by atoms with Crippen LogP contribution in [-0.4, -0.2) is 55.5 Å². The Morgan fingerprint density at radius 1 is 1.12 bits per heavy atom. The van der Waals surface area contributed by atoms with Gasteiger partial charge in [-0.2, -0.15) is 0 Å². The Morgan fingerprint density at radius 2 is 1.92 bits per heavy atom. The highest BCUT2D eigenvalue weighted by Crippen LogP contribution is 2.19. The molecule has 1 aromatic carbocycles. The van der Waals surface area contributed by atoms with Crippen molar-refractivity contribution in [1.29, 1.82) is 0 Å². The van der Waals surface area contributed by atoms with Crippen molar-refractivity contribution in [1.82, 2.24) is 9.80 Å². The standard InChI is InChI=1S/C19H24N2O3/c1-23-17-8-3-2-6-16(17)7-4-10-20-11-13-21(14-12-20)19(22)18-9-5-15-24-18/h2-3,5-6,8-9,15H,4,7,10-14H2,1H3. The van der Waals surface area contributed by atoms with E-state index in [0.717, 1.165) is 51.3 Å². The number of carbonyl (C=O) groups excluding carboxylic acids is 1. The summed E-state index contributed by atoms with van der Waals surface area (Å²) in [5.74, 6) is 1.39. The van der Waals surface area contributed by atoms with Crippen molar-refractivity contribution in [3.05, 3.63) is 54.0 Å². The molecule has 0 aliphatic carbocycles. The molecule has 1 aliphatic heterocycles. The Hall–Kier alpha value is -2.27. The lowest BCUT2D eigenvalue weighted by atomic mass is 10.1. The number of amides is 1. The minimum Gasteiger partial charge on any atom is -0.496 e. The second-order valence-corrected chi connectivity index (χ2v) is 6.03. The minimum absolute atomic E-state index is 0.00586. The summed E-state index contributed by atoms with van der Waals surface area (Å²) in [6.07, 6.45) is 3.64. The van der Waals surface area contributed by atoms with Crippen LogP contribution in [0.2, 0.25) is 0 Å². The van der Waals surface area contributed by atoms with Crippen LogP contribution in [0.5, 0.6) is 5.75 Å². The third kappa shape index (κ3) is 3.97. The van der Waals surface area contributed by atoms with Gasteiger partial charge >= 0.3 is 0 Å². The molecule has 0 radical (unpaired) electrons. The minimum atomic E-state index is -0.00586. The fraction of sp³-hybridized carbons (Fsp3) is 0.421. The summed E-state index contributed by atoms with van der Waals surface area (Å²) in [5.41, 5.74) is 1.26. The Kier molecular flexibility index (Phi) is 5.54. The van der Waals surface area contributed by atoms with Gasteiger partial charge in [-0.15, -0.1) is 0 Å². The maximum absolute atomic E-state index is 12.2. The number of carbonyl (C=O) groups is 1. The topological polar surface area (TPSA) is 45.9 Å². The summed E-state index contributed by atoms with van der Waals surface area (Å²) in [5, 5.41) is 0. The number of piperazine rings is 1. The molecule has 5 nitrogen and oxygen atoms in total. The molecule has 0 bridgehead atoms. The second-order valence-electron chi connectivity index (χ2n) is 6.03. The van der Waals surface area contributed by atoms with E-state index >= 15 is 0 Å². The molecule has 0 unspecified atom stereocenters. The zero-order chi connectivity index (χ0) is 16.8. The van der Waals surface area contributed by atoms with Crippen LogP contribution < -0.4 is 4.74 Å². The van der Waals surface area contributed by atoms with Crippen LogP contribution in [0.3, 0.4) is 0 Å². The molecule has 2 heterocycles. The van der Waals surface area contributed by atoms with E-state index in [-0.39, 0.29) is 5.91 Å². The molecule has 128 valence electrons. The number of furan rings is 1. The van der Waals surface area contributed by atoms with Crippen molar-refractivity contribution in [3.8, 4) is 5.75 Å². The van der Waals surface area contributed by atoms with E-state index in [4.69, 9.17) is 9.15 Å². The van der Waals surface area contributed by atoms with Crippen LogP contribution in [0, 0.1) is 0 Å². The smallest absolute Gasteiger partial charge is 0.289 e. The number of hydrogen-bond acceptors (Lipinski definition) is 4. The molecule has 1 aromatic heterocycles. The number of rotatable bonds is 6. The summed E-state index contributed by atoms with van der Waals surface area (Å²) in [7, 11) is 1.72. The Morgan fingerprint density at radius 3 is 2.62 bits per heavy atom. The SMILES string of the molecule is COc1ccccc1CCCN1CCN(C(=O)c2ccco2)CC1. The van der Waals surface area contributed by atoms with Crippen molar-refractivity contribution in [2.45, 2.75) is 12.8 Å². The van der Waals surface area contributed by atoms with E-state index in [1.165, 1.54) is 5.56 Å². The molecule has 0 N–H and O–H groups in total. The van der Waals surface area contributed by atoms with Crippen molar-refractivity contribution in [2.24, 2.45) is 0 Å². The van der Waals surface area contributed by atoms with Crippen molar-refractivity contribution >= 4 is 5.91 Å². The van der Waals surface area contributed by atoms with E-state index in [9.17, 15) is 4.79 Å². The summed E-state index contributed by atoms with van der Waals surface area (Å²) >= 11 is 0. The molecule has 1 fully saturated rings. The number of aryl methyl sites for hydroxylation is 1. The van der Waals surface area contributed by atoms with Crippen molar-refractivity contribution < 1.29 is 13.9 Å². The molecule has 0 spiro atoms. The fourth-order valence-corrected chi connectivity index (χ4v) is 3.13. The third-order valence-electron chi connectivity index (χ3n) is 4.50. The average Bonchev–Trinajstić information content (AvgIpc) is 3.17. The van der Waals surface area contributed by atoms with Gasteiger partial charge in [0, 0.05) is 26.2 Å². The number of benzene rings is 1. The van der Waals surface area contributed by atoms with E-state index in [1.807, 2.05) is 17.0 Å². The molecular formula is C19H24N2O3. The molecule has 1 aliphatic rings. The van der Waals surface area contributed by atoms with Gasteiger partial charge in [-0.3, -0.25) is 9.69 Å². The number of para-hydroxylation sites is 1. The first-order chi connectivity index (χ1) is 11.8. The van der Waals surface area contributed by atoms with Gasteiger partial charge in [-0.05, 0) is 43.1 Å². The highest BCUT2D eigenvalue weighted by Gasteiger charge is 2.23. The summed E-state index contributed by atoms with van der Waals surface area (Å²) in [4.78, 5) is 16.5. The van der Waals surface area contributed by atoms with Crippen molar-refractivity contribution in [2.75, 3.05) is 39.8 Å². The number of hydrogen-bond donors (Lipinski definition) is 0. The van der Waals surface area contributed by atoms with Crippen LogP contribution >= 0.6 is 0 Å². The predicted molar refractivity (Wildman–Crippen MR) is 92.4 cm³/mol. The first kappa shape index (κ1) is 16.6. The zero-order valence-corrected chi connectivity index (χ0v) is 14.1. The molecule has 0 saturated carbocycles. The Bertz CT molecular complexity index is 646. The van der Waals surface area contributed by atoms with Crippen LogP contribution in [0.25, 0.3) is 0 Å². The van der Waals surface area contributed by atoms with E-state index < -0.39 is 0 Å². The van der Waals surface area contributed by atoms with Crippen LogP contribution in [-0.2, 0) is 6.42 Å². The zero-order valence-electron chi connectivity index (χ0n) is 14.1. The van der Waals surface area contributed by atoms with Gasteiger partial charge in [-0.25, -0.2) is 0 Å². The van der Waals surface area contributed by atoms with Crippen LogP contribution in [0.4, 0.5) is 0 Å². The molecule has 5 heteroatoms. The van der Waals surface area contributed by atoms with Gasteiger partial charge < -0.3 is 14.1 Å². The maximum Gasteiger partial charge on any atom is 0.289 e. The molecule has 1 saturated heterocycles. The third-order valence-corrected chi connectivity index (χ3v) is 4.50. The molecule has 24 heavy (non-hydrogen) atoms. The van der Waals surface area contributed by atoms with E-state index in [0.29, 0.717) is 5.76 Å². The van der Waals surface area contributed by atoms with Gasteiger partial charge in [0.2, 0.25) is 0 Å². The normalized spacial score (nSPS) is 15.5. The molecular weight excluding hydrogens is 304 g/mol. The summed E-state index contributed by atoms with van der Waals surface area (Å²) in [6, 6.07) is 11.7. The molecule has 3 rings (SSSR count). The Labute approximate surface area is 142 Å². The van der Waals surface area contributed by atoms with Gasteiger partial charge in [0.1, 0.15) is 5.75 Å². The molecule has 0 atom stereocenters. The van der Waals surface area contributed by atoms with E-state index in [2.05, 4.69) is 17.0 Å². The molecule has 2 aromatic rings. The maximum atomic E-state index is 12.2. The summed E-state index contributed by atoms with van der Waals surface area (Å²) in [6.45, 7) is 4.39. The predicted octanol–water partition coefficient (Wildman–Crippen LogP) is 2.68. The summed E-state index contributed by atoms with van der Waals surface area (Å²) < 4.78 is 10.6. The fourth-order valence-electron chi connectivity index (χ4n) is 3.13. The molecule has 1 amide bonds. The lowest BCUT2D eigenvalue weighted by Gasteiger charge is -2.34. The number of methoxy groups -OCH3 is 1. The average molecular weight is 328 g/mol. The lowest BCUT2D eigenvalue weighted by Crippen LogP contribution is -2.48. The first-order valence-electron chi connectivity index (χ1n) is 8.45. The van der Waals surface area contributed by atoms with Gasteiger partial charge in [-0.1, -0.05) is 18.2 Å². The monoisotopic (exact) mass is 328 g/mol. The lowest BCUT2D eigenvalue weighted by molar-refractivity contribution is 0.0605. The number of nitrogens with zero attached hydrogens (tertiary/aromatic N) is 2. The van der Waals surface area contributed by atoms with Crippen LogP contribution in [0.1, 0.15) is 22.5 Å². The van der Waals surface area contributed by atoms with Gasteiger partial charge in [0.15, 0.2) is 5.76 Å². The quantitative estimate of drug-likeness (QED) is 0.818. The second kappa shape index (κ2) is 8.02. The first-order valence-corrected chi connectivity index (χ1v) is 8.45. The highest BCUT2D eigenvalue weighted by molar-refractivity contribution is 5.91. The number of ether oxygens (including phenoxy) is 1. The van der Waals surface area contributed by atoms with Gasteiger partial charge in [0.25, 0.3) is 5.91 Å². The van der Waals surface area contributed by atoms with Crippen LogP contribution in [0.15, 0.2) is 47.1 Å². The van der Waals surface area contributed by atoms with Gasteiger partial charge in [0.05, 0.1) is 13.4 Å². The Balaban J connectivity index is 1.42.